The van der Waals surface area contributed by atoms with Gasteiger partial charge in [0, 0.05) is 70.6 Å². The maximum absolute atomic E-state index is 12.5. The highest BCUT2D eigenvalue weighted by Crippen LogP contribution is 2.48. The number of fused-ring (bicyclic) bond motifs is 2. The molecule has 0 aliphatic heterocycles. The van der Waals surface area contributed by atoms with Crippen LogP contribution in [0.2, 0.25) is 0 Å². The highest BCUT2D eigenvalue weighted by Gasteiger charge is 2.27. The molecule has 0 radical (unpaired) electrons. The van der Waals surface area contributed by atoms with Gasteiger partial charge in [-0.25, -0.2) is 9.59 Å². The molecule has 6 nitrogen and oxygen atoms in total. The van der Waals surface area contributed by atoms with Gasteiger partial charge in [-0.1, -0.05) is 36.4 Å². The number of thioether (sulfide) groups is 2. The molecule has 0 fully saturated rings. The topological polar surface area (TPSA) is 62.5 Å². The summed E-state index contributed by atoms with van der Waals surface area (Å²) in [5.74, 6) is 0. The lowest BCUT2D eigenvalue weighted by atomic mass is 10.0. The number of benzene rings is 2. The summed E-state index contributed by atoms with van der Waals surface area (Å²) < 4.78 is 14.5. The summed E-state index contributed by atoms with van der Waals surface area (Å²) >= 11 is 2.13. The van der Waals surface area contributed by atoms with Crippen molar-refractivity contribution in [3.05, 3.63) is 48.5 Å². The average Bonchev–Trinajstić information content (AvgIpc) is 3.20. The van der Waals surface area contributed by atoms with Gasteiger partial charge in [0.2, 0.25) is 0 Å². The van der Waals surface area contributed by atoms with Gasteiger partial charge >= 0.3 is 10.6 Å². The molecular weight excluding hydrogens is 444 g/mol. The highest BCUT2D eigenvalue weighted by molar-refractivity contribution is 8.13. The summed E-state index contributed by atoms with van der Waals surface area (Å²) in [5.41, 5.74) is 3.80. The zero-order valence-electron chi connectivity index (χ0n) is 18.4. The van der Waals surface area contributed by atoms with E-state index in [1.54, 1.807) is 13.8 Å². The minimum absolute atomic E-state index is 0.309. The molecule has 2 aromatic heterocycles. The number of hydrogen-bond donors (Lipinski definition) is 0. The van der Waals surface area contributed by atoms with E-state index in [9.17, 15) is 9.59 Å². The van der Waals surface area contributed by atoms with E-state index in [0.717, 1.165) is 66.5 Å². The van der Waals surface area contributed by atoms with Gasteiger partial charge in [0.15, 0.2) is 0 Å². The third-order valence-electron chi connectivity index (χ3n) is 5.24. The molecule has 8 heteroatoms. The van der Waals surface area contributed by atoms with Crippen LogP contribution in [0.1, 0.15) is 13.8 Å². The predicted molar refractivity (Wildman–Crippen MR) is 131 cm³/mol. The van der Waals surface area contributed by atoms with Crippen LogP contribution in [0.15, 0.2) is 58.6 Å². The summed E-state index contributed by atoms with van der Waals surface area (Å²) in [6.07, 6.45) is 0. The molecule has 0 unspecified atom stereocenters. The molecule has 4 aromatic rings. The molecule has 0 aliphatic rings. The zero-order valence-corrected chi connectivity index (χ0v) is 20.0. The molecule has 166 valence electrons. The van der Waals surface area contributed by atoms with Gasteiger partial charge in [-0.3, -0.25) is 0 Å². The lowest BCUT2D eigenvalue weighted by Crippen LogP contribution is -2.01. The van der Waals surface area contributed by atoms with Gasteiger partial charge in [-0.2, -0.15) is 0 Å². The SMILES string of the molecule is CCOC(=O)Sc1c(-c2c(SC(=O)OCC)n(C)c3ccccc23)c2ccccc2n1C. The smallest absolute Gasteiger partial charge is 0.373 e. The van der Waals surface area contributed by atoms with Crippen molar-refractivity contribution in [2.45, 2.75) is 23.9 Å². The Bertz CT molecular complexity index is 1220. The monoisotopic (exact) mass is 468 g/mol. The first-order valence-electron chi connectivity index (χ1n) is 10.3. The second-order valence-corrected chi connectivity index (χ2v) is 8.93. The van der Waals surface area contributed by atoms with E-state index in [-0.39, 0.29) is 10.6 Å². The molecule has 32 heavy (non-hydrogen) atoms. The second kappa shape index (κ2) is 9.34. The van der Waals surface area contributed by atoms with Crippen molar-refractivity contribution in [3.8, 4) is 11.1 Å². The van der Waals surface area contributed by atoms with Crippen LogP contribution in [0.5, 0.6) is 0 Å². The van der Waals surface area contributed by atoms with Crippen molar-refractivity contribution in [2.75, 3.05) is 13.2 Å². The number of ether oxygens (including phenoxy) is 2. The molecule has 0 aliphatic carbocycles. The van der Waals surface area contributed by atoms with Crippen molar-refractivity contribution >= 4 is 55.9 Å². The Morgan fingerprint density at radius 2 is 1.09 bits per heavy atom. The summed E-state index contributed by atoms with van der Waals surface area (Å²) in [7, 11) is 3.88. The summed E-state index contributed by atoms with van der Waals surface area (Å²) in [5, 5.41) is 2.82. The van der Waals surface area contributed by atoms with Crippen LogP contribution < -0.4 is 0 Å². The van der Waals surface area contributed by atoms with E-state index in [2.05, 4.69) is 0 Å². The van der Waals surface area contributed by atoms with E-state index in [1.807, 2.05) is 71.8 Å². The van der Waals surface area contributed by atoms with Gasteiger partial charge < -0.3 is 18.6 Å². The number of carbonyl (C=O) groups is 2. The number of nitrogens with zero attached hydrogens (tertiary/aromatic N) is 2. The van der Waals surface area contributed by atoms with Crippen molar-refractivity contribution in [2.24, 2.45) is 14.1 Å². The van der Waals surface area contributed by atoms with Gasteiger partial charge in [0.25, 0.3) is 0 Å². The number of para-hydroxylation sites is 2. The van der Waals surface area contributed by atoms with E-state index in [0.29, 0.717) is 13.2 Å². The Hall–Kier alpha value is -2.84. The minimum atomic E-state index is -0.362. The molecule has 0 atom stereocenters. The largest absolute Gasteiger partial charge is 0.458 e. The van der Waals surface area contributed by atoms with E-state index < -0.39 is 0 Å². The second-order valence-electron chi connectivity index (χ2n) is 7.08. The fourth-order valence-corrected chi connectivity index (χ4v) is 5.68. The van der Waals surface area contributed by atoms with Crippen molar-refractivity contribution in [1.29, 1.82) is 0 Å². The molecule has 0 saturated heterocycles. The normalized spacial score (nSPS) is 11.2. The first kappa shape index (κ1) is 22.4. The highest BCUT2D eigenvalue weighted by atomic mass is 32.2. The third kappa shape index (κ3) is 3.89. The number of aryl methyl sites for hydroxylation is 2. The Morgan fingerprint density at radius 1 is 0.719 bits per heavy atom. The van der Waals surface area contributed by atoms with Crippen LogP contribution >= 0.6 is 23.5 Å². The summed E-state index contributed by atoms with van der Waals surface area (Å²) in [4.78, 5) is 25.0. The summed E-state index contributed by atoms with van der Waals surface area (Å²) in [6.45, 7) is 4.20. The van der Waals surface area contributed by atoms with Gasteiger partial charge in [-0.15, -0.1) is 0 Å². The van der Waals surface area contributed by atoms with Crippen LogP contribution in [0.25, 0.3) is 32.9 Å². The first-order chi connectivity index (χ1) is 15.5. The van der Waals surface area contributed by atoms with E-state index in [1.165, 1.54) is 0 Å². The van der Waals surface area contributed by atoms with Crippen molar-refractivity contribution < 1.29 is 19.1 Å². The molecule has 2 aromatic carbocycles. The zero-order chi connectivity index (χ0) is 22.8. The third-order valence-corrected chi connectivity index (χ3v) is 7.15. The fraction of sp³-hybridized carbons (Fsp3) is 0.250. The van der Waals surface area contributed by atoms with E-state index in [4.69, 9.17) is 9.47 Å². The van der Waals surface area contributed by atoms with Crippen molar-refractivity contribution in [3.63, 3.8) is 0 Å². The van der Waals surface area contributed by atoms with Crippen LogP contribution in [-0.2, 0) is 23.6 Å². The molecule has 0 saturated carbocycles. The van der Waals surface area contributed by atoms with Gasteiger partial charge in [0.1, 0.15) is 0 Å². The molecule has 0 N–H and O–H groups in total. The maximum atomic E-state index is 12.5. The lowest BCUT2D eigenvalue weighted by Gasteiger charge is -2.10. The molecule has 2 heterocycles. The minimum Gasteiger partial charge on any atom is -0.458 e. The molecule has 4 rings (SSSR count). The number of rotatable bonds is 5. The van der Waals surface area contributed by atoms with Gasteiger partial charge in [-0.05, 0) is 26.0 Å². The quantitative estimate of drug-likeness (QED) is 0.236. The average molecular weight is 469 g/mol. The van der Waals surface area contributed by atoms with Gasteiger partial charge in [0.05, 0.1) is 23.3 Å². The Balaban J connectivity index is 2.05. The molecule has 0 amide bonds. The lowest BCUT2D eigenvalue weighted by molar-refractivity contribution is 0.180. The first-order valence-corrected chi connectivity index (χ1v) is 12.0. The number of aromatic nitrogens is 2. The molecule has 0 bridgehead atoms. The summed E-state index contributed by atoms with van der Waals surface area (Å²) in [6, 6.07) is 16.0. The molecule has 0 spiro atoms. The Morgan fingerprint density at radius 3 is 1.47 bits per heavy atom. The van der Waals surface area contributed by atoms with Crippen molar-refractivity contribution in [1.82, 2.24) is 9.13 Å². The molecular formula is C24H24N2O4S2. The maximum Gasteiger partial charge on any atom is 0.373 e. The number of carbonyl (C=O) groups excluding carboxylic acids is 2. The van der Waals surface area contributed by atoms with Crippen LogP contribution in [0.4, 0.5) is 9.59 Å². The Labute approximate surface area is 194 Å². The standard InChI is InChI=1S/C24H24N2O4S2/c1-5-29-23(27)31-21-19(15-11-7-9-13-17(15)25(21)3)20-16-12-8-10-14-18(16)26(4)22(20)32-24(28)30-6-2/h7-14H,5-6H2,1-4H3. The van der Waals surface area contributed by atoms with Crippen LogP contribution in [0, 0.1) is 0 Å². The van der Waals surface area contributed by atoms with Crippen LogP contribution in [0.3, 0.4) is 0 Å². The number of hydrogen-bond acceptors (Lipinski definition) is 6. The van der Waals surface area contributed by atoms with E-state index >= 15 is 0 Å². The fourth-order valence-electron chi connectivity index (χ4n) is 3.91. The predicted octanol–water partition coefficient (Wildman–Crippen LogP) is 6.83. The Kier molecular flexibility index (Phi) is 6.53. The van der Waals surface area contributed by atoms with Crippen LogP contribution in [-0.4, -0.2) is 33.0 Å².